The van der Waals surface area contributed by atoms with Crippen molar-refractivity contribution in [2.45, 2.75) is 18.5 Å². The zero-order chi connectivity index (χ0) is 23.8. The van der Waals surface area contributed by atoms with E-state index >= 15 is 0 Å². The van der Waals surface area contributed by atoms with Crippen LogP contribution >= 0.6 is 0 Å². The van der Waals surface area contributed by atoms with Crippen LogP contribution in [0.2, 0.25) is 0 Å². The highest BCUT2D eigenvalue weighted by Gasteiger charge is 2.46. The smallest absolute Gasteiger partial charge is 0.274 e. The maximum absolute atomic E-state index is 13.3. The molecule has 2 amide bonds. The highest BCUT2D eigenvalue weighted by molar-refractivity contribution is 5.94. The number of nitrogens with zero attached hydrogens (tertiary/aromatic N) is 4. The van der Waals surface area contributed by atoms with Crippen LogP contribution in [-0.2, 0) is 0 Å². The normalized spacial score (nSPS) is 20.8. The summed E-state index contributed by atoms with van der Waals surface area (Å²) >= 11 is 0. The minimum atomic E-state index is -0.169. The molecule has 0 radical (unpaired) electrons. The van der Waals surface area contributed by atoms with Crippen LogP contribution in [0.1, 0.15) is 38.9 Å². The third kappa shape index (κ3) is 3.80. The number of aliphatic hydroxyl groups excluding tert-OH is 1. The van der Waals surface area contributed by atoms with Gasteiger partial charge in [-0.3, -0.25) is 14.6 Å². The van der Waals surface area contributed by atoms with Gasteiger partial charge in [0.25, 0.3) is 11.8 Å². The van der Waals surface area contributed by atoms with Crippen LogP contribution in [0.5, 0.6) is 0 Å². The highest BCUT2D eigenvalue weighted by atomic mass is 16.3. The quantitative estimate of drug-likeness (QED) is 0.625. The summed E-state index contributed by atoms with van der Waals surface area (Å²) in [5, 5.41) is 13.5. The van der Waals surface area contributed by atoms with Crippen molar-refractivity contribution in [2.75, 3.05) is 32.6 Å². The number of hydrogen-bond donors (Lipinski definition) is 2. The summed E-state index contributed by atoms with van der Waals surface area (Å²) in [6, 6.07) is 13.4. The molecule has 0 spiro atoms. The third-order valence-corrected chi connectivity index (χ3v) is 6.78. The molecule has 34 heavy (non-hydrogen) atoms. The van der Waals surface area contributed by atoms with Gasteiger partial charge in [-0.25, -0.2) is 4.98 Å². The first kappa shape index (κ1) is 22.0. The van der Waals surface area contributed by atoms with Crippen molar-refractivity contribution >= 4 is 17.5 Å². The Bertz CT molecular complexity index is 1210. The molecule has 3 atom stereocenters. The van der Waals surface area contributed by atoms with E-state index in [0.29, 0.717) is 17.8 Å². The van der Waals surface area contributed by atoms with Crippen molar-refractivity contribution < 1.29 is 14.7 Å². The maximum Gasteiger partial charge on any atom is 0.274 e. The Labute approximate surface area is 198 Å². The van der Waals surface area contributed by atoms with Crippen LogP contribution in [0.15, 0.2) is 61.1 Å². The fourth-order valence-electron chi connectivity index (χ4n) is 5.09. The van der Waals surface area contributed by atoms with Crippen molar-refractivity contribution in [3.05, 3.63) is 77.9 Å². The predicted molar refractivity (Wildman–Crippen MR) is 128 cm³/mol. The van der Waals surface area contributed by atoms with E-state index in [1.807, 2.05) is 41.3 Å². The lowest BCUT2D eigenvalue weighted by atomic mass is 9.82. The largest absolute Gasteiger partial charge is 0.394 e. The van der Waals surface area contributed by atoms with Crippen LogP contribution in [0, 0.1) is 5.92 Å². The number of likely N-dealkylation sites (tertiary alicyclic amines) is 1. The highest BCUT2D eigenvalue weighted by Crippen LogP contribution is 2.47. The molecule has 2 N–H and O–H groups in total. The third-order valence-electron chi connectivity index (χ3n) is 6.78. The van der Waals surface area contributed by atoms with Gasteiger partial charge in [0, 0.05) is 50.2 Å². The van der Waals surface area contributed by atoms with E-state index in [0.717, 1.165) is 28.8 Å². The number of nitrogens with one attached hydrogen (secondary N) is 1. The van der Waals surface area contributed by atoms with E-state index in [-0.39, 0.29) is 36.4 Å². The molecular weight excluding hydrogens is 430 g/mol. The van der Waals surface area contributed by atoms with Crippen LogP contribution in [0.25, 0.3) is 11.1 Å². The lowest BCUT2D eigenvalue weighted by molar-refractivity contribution is 0.0694. The fourth-order valence-corrected chi connectivity index (χ4v) is 5.09. The molecule has 3 aromatic rings. The zero-order valence-electron chi connectivity index (χ0n) is 19.2. The van der Waals surface area contributed by atoms with Crippen molar-refractivity contribution in [1.82, 2.24) is 19.8 Å². The second-order valence-electron chi connectivity index (χ2n) is 9.00. The fraction of sp³-hybridized carbons (Fsp3) is 0.308. The minimum absolute atomic E-state index is 0.00308. The molecule has 1 fully saturated rings. The van der Waals surface area contributed by atoms with Crippen LogP contribution in [0.3, 0.4) is 0 Å². The van der Waals surface area contributed by atoms with Crippen molar-refractivity contribution in [3.63, 3.8) is 0 Å². The average molecular weight is 458 g/mol. The van der Waals surface area contributed by atoms with Gasteiger partial charge in [-0.1, -0.05) is 18.2 Å². The molecule has 0 bridgehead atoms. The first-order chi connectivity index (χ1) is 16.5. The number of aromatic nitrogens is 2. The van der Waals surface area contributed by atoms with E-state index < -0.39 is 0 Å². The number of anilines is 1. The van der Waals surface area contributed by atoms with Crippen LogP contribution in [0.4, 0.5) is 5.69 Å². The van der Waals surface area contributed by atoms with E-state index in [2.05, 4.69) is 21.4 Å². The van der Waals surface area contributed by atoms with Gasteiger partial charge in [0.15, 0.2) is 0 Å². The Hall–Kier alpha value is -3.78. The van der Waals surface area contributed by atoms with Crippen LogP contribution < -0.4 is 5.32 Å². The summed E-state index contributed by atoms with van der Waals surface area (Å²) in [5.74, 6) is -0.0984. The summed E-state index contributed by atoms with van der Waals surface area (Å²) in [7, 11) is 3.47. The minimum Gasteiger partial charge on any atom is -0.394 e. The van der Waals surface area contributed by atoms with E-state index in [1.165, 1.54) is 12.4 Å². The standard InChI is InChI=1S/C26H27N5O3/c1-30(2)25(33)17-5-3-16(4-6-17)18-7-8-21-20(13-18)24-19(23(15-32)29-21)9-12-31(24)26(34)22-14-27-10-11-28-22/h3-8,10-11,13-14,19,23-24,29,32H,9,12,15H2,1-2H3/t19-,23-,24-/m1/s1. The summed E-state index contributed by atoms with van der Waals surface area (Å²) in [6.07, 6.45) is 5.36. The topological polar surface area (TPSA) is 98.7 Å². The van der Waals surface area contributed by atoms with Gasteiger partial charge in [0.05, 0.1) is 24.9 Å². The Morgan fingerprint density at radius 3 is 2.56 bits per heavy atom. The van der Waals surface area contributed by atoms with E-state index in [4.69, 9.17) is 0 Å². The number of benzene rings is 2. The van der Waals surface area contributed by atoms with Gasteiger partial charge in [-0.2, -0.15) is 0 Å². The van der Waals surface area contributed by atoms with E-state index in [1.54, 1.807) is 25.2 Å². The first-order valence-electron chi connectivity index (χ1n) is 11.4. The number of carbonyl (C=O) groups excluding carboxylic acids is 2. The average Bonchev–Trinajstić information content (AvgIpc) is 3.33. The molecular formula is C26H27N5O3. The van der Waals surface area contributed by atoms with Gasteiger partial charge in [-0.05, 0) is 47.4 Å². The first-order valence-corrected chi connectivity index (χ1v) is 11.4. The Kier molecular flexibility index (Phi) is 5.75. The second-order valence-corrected chi connectivity index (χ2v) is 9.00. The lowest BCUT2D eigenvalue weighted by Crippen LogP contribution is -2.43. The summed E-state index contributed by atoms with van der Waals surface area (Å²) in [6.45, 7) is 0.588. The molecule has 0 unspecified atom stereocenters. The Balaban J connectivity index is 1.52. The summed E-state index contributed by atoms with van der Waals surface area (Å²) in [4.78, 5) is 37.2. The molecule has 2 aliphatic heterocycles. The lowest BCUT2D eigenvalue weighted by Gasteiger charge is -2.39. The number of amides is 2. The zero-order valence-corrected chi connectivity index (χ0v) is 19.2. The van der Waals surface area contributed by atoms with Gasteiger partial charge >= 0.3 is 0 Å². The molecule has 3 heterocycles. The summed E-state index contributed by atoms with van der Waals surface area (Å²) in [5.41, 5.74) is 4.89. The van der Waals surface area contributed by atoms with Gasteiger partial charge < -0.3 is 20.2 Å². The van der Waals surface area contributed by atoms with Gasteiger partial charge in [0.1, 0.15) is 5.69 Å². The Morgan fingerprint density at radius 2 is 1.88 bits per heavy atom. The molecule has 0 aliphatic carbocycles. The number of hydrogen-bond acceptors (Lipinski definition) is 6. The second kappa shape index (κ2) is 8.87. The maximum atomic E-state index is 13.3. The molecule has 174 valence electrons. The molecule has 0 saturated carbocycles. The van der Waals surface area contributed by atoms with Crippen molar-refractivity contribution in [3.8, 4) is 11.1 Å². The van der Waals surface area contributed by atoms with Gasteiger partial charge in [0.2, 0.25) is 0 Å². The molecule has 2 aromatic carbocycles. The van der Waals surface area contributed by atoms with Crippen molar-refractivity contribution in [2.24, 2.45) is 5.92 Å². The summed E-state index contributed by atoms with van der Waals surface area (Å²) < 4.78 is 0. The number of carbonyl (C=O) groups is 2. The molecule has 2 aliphatic rings. The Morgan fingerprint density at radius 1 is 1.12 bits per heavy atom. The molecule has 1 saturated heterocycles. The van der Waals surface area contributed by atoms with Crippen molar-refractivity contribution in [1.29, 1.82) is 0 Å². The monoisotopic (exact) mass is 457 g/mol. The molecule has 8 nitrogen and oxygen atoms in total. The molecule has 8 heteroatoms. The van der Waals surface area contributed by atoms with Gasteiger partial charge in [-0.15, -0.1) is 0 Å². The predicted octanol–water partition coefficient (Wildman–Crippen LogP) is 2.84. The SMILES string of the molecule is CN(C)C(=O)c1ccc(-c2ccc3c(c2)[C@H]2[C@H](CCN2C(=O)c2cnccn2)[C@@H](CO)N3)cc1. The van der Waals surface area contributed by atoms with Crippen LogP contribution in [-0.4, -0.2) is 70.0 Å². The number of aliphatic hydroxyl groups is 1. The molecule has 5 rings (SSSR count). The number of rotatable bonds is 4. The molecule has 1 aromatic heterocycles. The van der Waals surface area contributed by atoms with E-state index in [9.17, 15) is 14.7 Å². The number of fused-ring (bicyclic) bond motifs is 3.